The maximum atomic E-state index is 12.6. The van der Waals surface area contributed by atoms with E-state index in [4.69, 9.17) is 9.47 Å². The molecule has 0 atom stereocenters. The first-order valence-corrected chi connectivity index (χ1v) is 8.08. The Morgan fingerprint density at radius 3 is 2.68 bits per heavy atom. The molecule has 0 unspecified atom stereocenters. The summed E-state index contributed by atoms with van der Waals surface area (Å²) in [6.45, 7) is 5.07. The van der Waals surface area contributed by atoms with Crippen LogP contribution in [-0.4, -0.2) is 43.2 Å². The van der Waals surface area contributed by atoms with Crippen molar-refractivity contribution >= 4 is 17.4 Å². The smallest absolute Gasteiger partial charge is 0.274 e. The lowest BCUT2D eigenvalue weighted by molar-refractivity contribution is 0.102. The van der Waals surface area contributed by atoms with E-state index in [9.17, 15) is 4.79 Å². The van der Waals surface area contributed by atoms with E-state index in [1.165, 1.54) is 0 Å². The third-order valence-electron chi connectivity index (χ3n) is 3.51. The molecule has 134 valence electrons. The number of hydrogen-bond acceptors (Lipinski definition) is 6. The molecule has 0 spiro atoms. The number of carbonyl (C=O) groups is 1. The number of amides is 1. The first kappa shape index (κ1) is 18.7. The van der Waals surface area contributed by atoms with Crippen molar-refractivity contribution in [2.24, 2.45) is 0 Å². The average Bonchev–Trinajstić information content (AvgIpc) is 2.58. The molecule has 0 radical (unpaired) electrons. The molecule has 2 aromatic rings. The molecule has 0 aliphatic heterocycles. The lowest BCUT2D eigenvalue weighted by Gasteiger charge is -2.12. The molecule has 1 amide bonds. The van der Waals surface area contributed by atoms with Gasteiger partial charge < -0.3 is 20.1 Å². The highest BCUT2D eigenvalue weighted by atomic mass is 16.5. The molecule has 1 aromatic carbocycles. The lowest BCUT2D eigenvalue weighted by Crippen LogP contribution is -2.16. The van der Waals surface area contributed by atoms with E-state index in [-0.39, 0.29) is 5.91 Å². The fourth-order valence-corrected chi connectivity index (χ4v) is 2.31. The molecule has 1 aromatic heterocycles. The van der Waals surface area contributed by atoms with Crippen LogP contribution in [0, 0.1) is 13.8 Å². The number of carbonyl (C=O) groups excluding carboxylic acids is 1. The Labute approximate surface area is 147 Å². The summed E-state index contributed by atoms with van der Waals surface area (Å²) >= 11 is 0. The Morgan fingerprint density at radius 2 is 1.96 bits per heavy atom. The van der Waals surface area contributed by atoms with Crippen molar-refractivity contribution in [2.75, 3.05) is 38.0 Å². The summed E-state index contributed by atoms with van der Waals surface area (Å²) in [7, 11) is 3.23. The number of methoxy groups -OCH3 is 2. The molecule has 1 heterocycles. The van der Waals surface area contributed by atoms with E-state index in [2.05, 4.69) is 20.6 Å². The molecule has 0 fully saturated rings. The van der Waals surface area contributed by atoms with Crippen molar-refractivity contribution in [1.29, 1.82) is 0 Å². The van der Waals surface area contributed by atoms with E-state index in [1.54, 1.807) is 27.2 Å². The minimum atomic E-state index is -0.311. The second-order valence-corrected chi connectivity index (χ2v) is 5.62. The number of ether oxygens (including phenoxy) is 2. The largest absolute Gasteiger partial charge is 0.495 e. The van der Waals surface area contributed by atoms with Gasteiger partial charge in [-0.2, -0.15) is 0 Å². The minimum absolute atomic E-state index is 0.297. The van der Waals surface area contributed by atoms with E-state index in [0.29, 0.717) is 41.9 Å². The Kier molecular flexibility index (Phi) is 6.71. The van der Waals surface area contributed by atoms with Gasteiger partial charge in [0.2, 0.25) is 0 Å². The fraction of sp³-hybridized carbons (Fsp3) is 0.389. The fourth-order valence-electron chi connectivity index (χ4n) is 2.31. The van der Waals surface area contributed by atoms with Crippen LogP contribution in [0.4, 0.5) is 11.5 Å². The summed E-state index contributed by atoms with van der Waals surface area (Å²) in [5, 5.41) is 6.02. The highest BCUT2D eigenvalue weighted by Gasteiger charge is 2.13. The van der Waals surface area contributed by atoms with Crippen molar-refractivity contribution in [3.63, 3.8) is 0 Å². The molecule has 7 heteroatoms. The first-order chi connectivity index (χ1) is 12.0. The van der Waals surface area contributed by atoms with Gasteiger partial charge in [0.25, 0.3) is 5.91 Å². The van der Waals surface area contributed by atoms with Crippen molar-refractivity contribution in [3.8, 4) is 5.75 Å². The predicted molar refractivity (Wildman–Crippen MR) is 97.4 cm³/mol. The second-order valence-electron chi connectivity index (χ2n) is 5.62. The number of aromatic nitrogens is 2. The molecule has 2 rings (SSSR count). The van der Waals surface area contributed by atoms with Crippen LogP contribution in [0.5, 0.6) is 5.75 Å². The summed E-state index contributed by atoms with van der Waals surface area (Å²) in [5.74, 6) is 1.43. The van der Waals surface area contributed by atoms with Crippen molar-refractivity contribution in [2.45, 2.75) is 20.3 Å². The van der Waals surface area contributed by atoms with Crippen molar-refractivity contribution in [1.82, 2.24) is 9.97 Å². The van der Waals surface area contributed by atoms with Crippen LogP contribution in [-0.2, 0) is 4.74 Å². The summed E-state index contributed by atoms with van der Waals surface area (Å²) in [6.07, 6.45) is 0.849. The number of hydrogen-bond donors (Lipinski definition) is 2. The van der Waals surface area contributed by atoms with Gasteiger partial charge in [-0.15, -0.1) is 0 Å². The Morgan fingerprint density at radius 1 is 1.16 bits per heavy atom. The van der Waals surface area contributed by atoms with Crippen LogP contribution < -0.4 is 15.4 Å². The number of anilines is 2. The molecule has 0 saturated heterocycles. The molecule has 25 heavy (non-hydrogen) atoms. The maximum Gasteiger partial charge on any atom is 0.274 e. The Hall–Kier alpha value is -2.67. The highest BCUT2D eigenvalue weighted by molar-refractivity contribution is 6.04. The number of rotatable bonds is 8. The monoisotopic (exact) mass is 344 g/mol. The van der Waals surface area contributed by atoms with E-state index in [0.717, 1.165) is 12.0 Å². The predicted octanol–water partition coefficient (Wildman–Crippen LogP) is 2.80. The van der Waals surface area contributed by atoms with Gasteiger partial charge in [-0.1, -0.05) is 6.07 Å². The summed E-state index contributed by atoms with van der Waals surface area (Å²) < 4.78 is 10.3. The zero-order valence-corrected chi connectivity index (χ0v) is 15.0. The van der Waals surface area contributed by atoms with Crippen molar-refractivity contribution in [3.05, 3.63) is 41.3 Å². The van der Waals surface area contributed by atoms with Crippen LogP contribution >= 0.6 is 0 Å². The summed E-state index contributed by atoms with van der Waals surface area (Å²) in [5.41, 5.74) is 1.93. The topological polar surface area (TPSA) is 85.4 Å². The molecule has 2 N–H and O–H groups in total. The Balaban J connectivity index is 2.13. The molecule has 7 nitrogen and oxygen atoms in total. The van der Waals surface area contributed by atoms with Gasteiger partial charge in [0.05, 0.1) is 12.8 Å². The summed E-state index contributed by atoms with van der Waals surface area (Å²) in [6, 6.07) is 7.23. The molecular formula is C18H24N4O3. The number of benzene rings is 1. The maximum absolute atomic E-state index is 12.6. The van der Waals surface area contributed by atoms with E-state index < -0.39 is 0 Å². The van der Waals surface area contributed by atoms with Crippen LogP contribution in [0.3, 0.4) is 0 Å². The quantitative estimate of drug-likeness (QED) is 0.716. The van der Waals surface area contributed by atoms with E-state index in [1.807, 2.05) is 25.1 Å². The Bertz CT molecular complexity index is 734. The molecule has 0 bridgehead atoms. The average molecular weight is 344 g/mol. The lowest BCUT2D eigenvalue weighted by atomic mass is 10.2. The van der Waals surface area contributed by atoms with Gasteiger partial charge in [-0.25, -0.2) is 9.97 Å². The highest BCUT2D eigenvalue weighted by Crippen LogP contribution is 2.25. The van der Waals surface area contributed by atoms with Gasteiger partial charge >= 0.3 is 0 Å². The number of aryl methyl sites for hydroxylation is 2. The van der Waals surface area contributed by atoms with Crippen LogP contribution in [0.2, 0.25) is 0 Å². The van der Waals surface area contributed by atoms with Crippen LogP contribution in [0.15, 0.2) is 24.3 Å². The van der Waals surface area contributed by atoms with E-state index >= 15 is 0 Å². The van der Waals surface area contributed by atoms with Gasteiger partial charge in [-0.05, 0) is 38.0 Å². The zero-order valence-electron chi connectivity index (χ0n) is 15.0. The molecular weight excluding hydrogens is 320 g/mol. The molecule has 0 aliphatic rings. The van der Waals surface area contributed by atoms with Gasteiger partial charge in [0, 0.05) is 26.3 Å². The van der Waals surface area contributed by atoms with Crippen LogP contribution in [0.1, 0.15) is 28.3 Å². The third-order valence-corrected chi connectivity index (χ3v) is 3.51. The van der Waals surface area contributed by atoms with Gasteiger partial charge in [-0.3, -0.25) is 4.79 Å². The van der Waals surface area contributed by atoms with Crippen LogP contribution in [0.25, 0.3) is 0 Å². The second kappa shape index (κ2) is 8.98. The standard InChI is InChI=1S/C18H24N4O3/c1-12-6-7-16(25-4)14(10-12)22-18(23)15-11-17(21-13(2)20-15)19-8-5-9-24-3/h6-7,10-11H,5,8-9H2,1-4H3,(H,22,23)(H,19,20,21). The SMILES string of the molecule is COCCCNc1cc(C(=O)Nc2cc(C)ccc2OC)nc(C)n1. The number of nitrogens with one attached hydrogen (secondary N) is 2. The minimum Gasteiger partial charge on any atom is -0.495 e. The molecule has 0 saturated carbocycles. The first-order valence-electron chi connectivity index (χ1n) is 8.08. The van der Waals surface area contributed by atoms with Gasteiger partial charge in [0.1, 0.15) is 23.1 Å². The normalized spacial score (nSPS) is 10.4. The molecule has 0 aliphatic carbocycles. The summed E-state index contributed by atoms with van der Waals surface area (Å²) in [4.78, 5) is 21.1. The van der Waals surface area contributed by atoms with Gasteiger partial charge in [0.15, 0.2) is 0 Å². The zero-order chi connectivity index (χ0) is 18.2. The third kappa shape index (κ3) is 5.42. The number of nitrogens with zero attached hydrogens (tertiary/aromatic N) is 2. The van der Waals surface area contributed by atoms with Crippen molar-refractivity contribution < 1.29 is 14.3 Å².